The normalized spacial score (nSPS) is 16.6. The topological polar surface area (TPSA) is 119 Å². The van der Waals surface area contributed by atoms with Crippen LogP contribution in [0.3, 0.4) is 0 Å². The largest absolute Gasteiger partial charge is 0.444 e. The first-order valence-corrected chi connectivity index (χ1v) is 13.6. The summed E-state index contributed by atoms with van der Waals surface area (Å²) in [5.41, 5.74) is 1.92. The quantitative estimate of drug-likeness (QED) is 0.505. The number of hydrogen-bond acceptors (Lipinski definition) is 9. The lowest BCUT2D eigenvalue weighted by Gasteiger charge is -2.36. The van der Waals surface area contributed by atoms with E-state index in [9.17, 15) is 9.59 Å². The Kier molecular flexibility index (Phi) is 7.88. The van der Waals surface area contributed by atoms with E-state index >= 15 is 0 Å². The smallest absolute Gasteiger partial charge is 0.410 e. The molecule has 0 bridgehead atoms. The zero-order valence-electron chi connectivity index (χ0n) is 23.6. The van der Waals surface area contributed by atoms with E-state index in [0.29, 0.717) is 43.6 Å². The van der Waals surface area contributed by atoms with Crippen LogP contribution in [0, 0.1) is 0 Å². The van der Waals surface area contributed by atoms with Crippen LogP contribution in [0.5, 0.6) is 0 Å². The lowest BCUT2D eigenvalue weighted by Crippen LogP contribution is -2.50. The Morgan fingerprint density at radius 3 is 2.20 bits per heavy atom. The third kappa shape index (κ3) is 6.87. The summed E-state index contributed by atoms with van der Waals surface area (Å²) in [6.45, 7) is 11.4. The van der Waals surface area contributed by atoms with Gasteiger partial charge in [-0.15, -0.1) is 0 Å². The number of rotatable bonds is 4. The molecule has 12 nitrogen and oxygen atoms in total. The minimum absolute atomic E-state index is 0.154. The Balaban J connectivity index is 1.18. The van der Waals surface area contributed by atoms with Gasteiger partial charge in [-0.25, -0.2) is 19.6 Å². The Morgan fingerprint density at radius 1 is 0.850 bits per heavy atom. The Labute approximate surface area is 234 Å². The van der Waals surface area contributed by atoms with E-state index in [2.05, 4.69) is 42.4 Å². The maximum absolute atomic E-state index is 12.6. The van der Waals surface area contributed by atoms with Crippen molar-refractivity contribution in [1.29, 1.82) is 0 Å². The number of fused-ring (bicyclic) bond motifs is 1. The summed E-state index contributed by atoms with van der Waals surface area (Å²) in [5.74, 6) is 0.874. The first kappa shape index (κ1) is 27.4. The van der Waals surface area contributed by atoms with Gasteiger partial charge in [0.2, 0.25) is 5.95 Å². The Hall–Kier alpha value is -4.19. The van der Waals surface area contributed by atoms with Gasteiger partial charge in [-0.2, -0.15) is 4.98 Å². The predicted octanol–water partition coefficient (Wildman–Crippen LogP) is 3.60. The molecule has 0 unspecified atom stereocenters. The SMILES string of the molecule is CN1CCN(C(=O)Nc2ccc3cnc(Nc4ccc(N5CCN(C(=O)OC(C)(C)C)CC5)cc4)nc3n2)CC1. The van der Waals surface area contributed by atoms with E-state index in [1.54, 1.807) is 22.1 Å². The second-order valence-corrected chi connectivity index (χ2v) is 11.1. The molecule has 0 atom stereocenters. The fraction of sp³-hybridized carbons (Fsp3) is 0.464. The molecule has 3 amide bonds. The molecule has 4 heterocycles. The number of nitrogens with one attached hydrogen (secondary N) is 2. The molecule has 0 radical (unpaired) electrons. The van der Waals surface area contributed by atoms with Crippen molar-refractivity contribution in [2.75, 3.05) is 74.9 Å². The number of urea groups is 1. The number of benzene rings is 1. The number of ether oxygens (including phenoxy) is 1. The molecule has 1 aromatic carbocycles. The number of amides is 3. The van der Waals surface area contributed by atoms with Crippen LogP contribution < -0.4 is 15.5 Å². The monoisotopic (exact) mass is 547 g/mol. The molecule has 0 aliphatic carbocycles. The molecule has 2 aromatic heterocycles. The van der Waals surface area contributed by atoms with Gasteiger partial charge in [0.15, 0.2) is 5.65 Å². The highest BCUT2D eigenvalue weighted by atomic mass is 16.6. The summed E-state index contributed by atoms with van der Waals surface area (Å²) >= 11 is 0. The molecule has 212 valence electrons. The molecule has 3 aromatic rings. The van der Waals surface area contributed by atoms with Crippen molar-refractivity contribution in [3.8, 4) is 0 Å². The Morgan fingerprint density at radius 2 is 1.52 bits per heavy atom. The highest BCUT2D eigenvalue weighted by Gasteiger charge is 2.26. The number of carbonyl (C=O) groups excluding carboxylic acids is 2. The van der Waals surface area contributed by atoms with Crippen molar-refractivity contribution in [3.05, 3.63) is 42.6 Å². The molecular weight excluding hydrogens is 510 g/mol. The standard InChI is InChI=1S/C28H37N9O3/c1-28(2,3)40-27(39)37-17-15-35(16-18-37)22-8-6-21(7-9-22)30-25-29-19-20-5-10-23(31-24(20)33-25)32-26(38)36-13-11-34(4)12-14-36/h5-10,19H,11-18H2,1-4H3,(H2,29,30,31,32,33,38). The number of nitrogens with zero attached hydrogens (tertiary/aromatic N) is 7. The van der Waals surface area contributed by atoms with Gasteiger partial charge in [0.25, 0.3) is 0 Å². The second-order valence-electron chi connectivity index (χ2n) is 11.1. The van der Waals surface area contributed by atoms with E-state index in [-0.39, 0.29) is 12.1 Å². The maximum Gasteiger partial charge on any atom is 0.410 e. The van der Waals surface area contributed by atoms with Gasteiger partial charge in [0.05, 0.1) is 0 Å². The van der Waals surface area contributed by atoms with Crippen LogP contribution >= 0.6 is 0 Å². The zero-order chi connectivity index (χ0) is 28.3. The van der Waals surface area contributed by atoms with Crippen molar-refractivity contribution in [2.45, 2.75) is 26.4 Å². The fourth-order valence-corrected chi connectivity index (χ4v) is 4.60. The van der Waals surface area contributed by atoms with Gasteiger partial charge in [0, 0.05) is 75.3 Å². The number of pyridine rings is 1. The average Bonchev–Trinajstić information content (AvgIpc) is 2.93. The summed E-state index contributed by atoms with van der Waals surface area (Å²) in [5, 5.41) is 6.90. The van der Waals surface area contributed by atoms with Crippen LogP contribution in [0.25, 0.3) is 11.0 Å². The van der Waals surface area contributed by atoms with Gasteiger partial charge in [-0.05, 0) is 64.2 Å². The van der Waals surface area contributed by atoms with Crippen LogP contribution in [0.2, 0.25) is 0 Å². The van der Waals surface area contributed by atoms with E-state index in [1.165, 1.54) is 0 Å². The van der Waals surface area contributed by atoms with Gasteiger partial charge in [-0.1, -0.05) is 0 Å². The lowest BCUT2D eigenvalue weighted by molar-refractivity contribution is 0.0240. The van der Waals surface area contributed by atoms with Crippen molar-refractivity contribution >= 4 is 46.3 Å². The molecule has 12 heteroatoms. The van der Waals surface area contributed by atoms with E-state index < -0.39 is 5.60 Å². The molecule has 40 heavy (non-hydrogen) atoms. The van der Waals surface area contributed by atoms with E-state index in [0.717, 1.165) is 42.9 Å². The highest BCUT2D eigenvalue weighted by Crippen LogP contribution is 2.23. The number of aromatic nitrogens is 3. The second kappa shape index (κ2) is 11.5. The van der Waals surface area contributed by atoms with Crippen LogP contribution in [-0.2, 0) is 4.74 Å². The van der Waals surface area contributed by atoms with E-state index in [1.807, 2.05) is 51.1 Å². The van der Waals surface area contributed by atoms with Gasteiger partial charge >= 0.3 is 12.1 Å². The molecule has 5 rings (SSSR count). The van der Waals surface area contributed by atoms with Crippen molar-refractivity contribution in [1.82, 2.24) is 29.7 Å². The minimum Gasteiger partial charge on any atom is -0.444 e. The Bertz CT molecular complexity index is 1340. The molecule has 2 saturated heterocycles. The van der Waals surface area contributed by atoms with E-state index in [4.69, 9.17) is 4.74 Å². The first-order chi connectivity index (χ1) is 19.1. The average molecular weight is 548 g/mol. The first-order valence-electron chi connectivity index (χ1n) is 13.6. The highest BCUT2D eigenvalue weighted by molar-refractivity contribution is 5.90. The summed E-state index contributed by atoms with van der Waals surface area (Å²) < 4.78 is 5.49. The number of anilines is 4. The molecule has 2 N–H and O–H groups in total. The molecule has 0 spiro atoms. The summed E-state index contributed by atoms with van der Waals surface area (Å²) in [6, 6.07) is 11.5. The van der Waals surface area contributed by atoms with Crippen molar-refractivity contribution in [3.63, 3.8) is 0 Å². The van der Waals surface area contributed by atoms with Crippen LogP contribution in [-0.4, -0.2) is 107 Å². The van der Waals surface area contributed by atoms with Crippen LogP contribution in [0.15, 0.2) is 42.6 Å². The van der Waals surface area contributed by atoms with Gasteiger partial charge < -0.3 is 29.7 Å². The summed E-state index contributed by atoms with van der Waals surface area (Å²) in [6.07, 6.45) is 1.45. The van der Waals surface area contributed by atoms with Crippen molar-refractivity contribution in [2.24, 2.45) is 0 Å². The lowest BCUT2D eigenvalue weighted by atomic mass is 10.2. The minimum atomic E-state index is -0.495. The number of piperazine rings is 2. The van der Waals surface area contributed by atoms with Crippen LogP contribution in [0.1, 0.15) is 20.8 Å². The summed E-state index contributed by atoms with van der Waals surface area (Å²) in [7, 11) is 2.05. The number of carbonyl (C=O) groups is 2. The predicted molar refractivity (Wildman–Crippen MR) is 155 cm³/mol. The van der Waals surface area contributed by atoms with Crippen molar-refractivity contribution < 1.29 is 14.3 Å². The van der Waals surface area contributed by atoms with Crippen LogP contribution in [0.4, 0.5) is 32.7 Å². The fourth-order valence-electron chi connectivity index (χ4n) is 4.60. The maximum atomic E-state index is 12.6. The van der Waals surface area contributed by atoms with Gasteiger partial charge in [0.1, 0.15) is 11.4 Å². The third-order valence-electron chi connectivity index (χ3n) is 6.89. The van der Waals surface area contributed by atoms with Gasteiger partial charge in [-0.3, -0.25) is 5.32 Å². The summed E-state index contributed by atoms with van der Waals surface area (Å²) in [4.78, 5) is 46.5. The number of likely N-dealkylation sites (N-methyl/N-ethyl adjacent to an activating group) is 1. The molecule has 2 aliphatic rings. The zero-order valence-corrected chi connectivity index (χ0v) is 23.6. The third-order valence-corrected chi connectivity index (χ3v) is 6.89. The molecule has 2 aliphatic heterocycles. The molecule has 0 saturated carbocycles. The molecular formula is C28H37N9O3. The molecule has 2 fully saturated rings. The number of hydrogen-bond donors (Lipinski definition) is 2.